The van der Waals surface area contributed by atoms with Gasteiger partial charge in [0.25, 0.3) is 0 Å². The minimum Gasteiger partial charge on any atom is -0.481 e. The van der Waals surface area contributed by atoms with Crippen molar-refractivity contribution in [1.82, 2.24) is 0 Å². The molecule has 0 saturated carbocycles. The molecule has 0 atom stereocenters. The number of carbonyl (C=O) groups is 3. The van der Waals surface area contributed by atoms with E-state index in [1.165, 1.54) is 212 Å². The topological polar surface area (TPSA) is 132 Å². The Bertz CT molecular complexity index is 770. The van der Waals surface area contributed by atoms with Crippen LogP contribution in [0.5, 0.6) is 0 Å². The first kappa shape index (κ1) is 72.1. The Morgan fingerprint density at radius 3 is 0.500 bits per heavy atom. The summed E-state index contributed by atoms with van der Waals surface area (Å²) in [6.07, 6.45) is 52.0. The van der Waals surface area contributed by atoms with E-state index in [9.17, 15) is 14.4 Å². The van der Waals surface area contributed by atoms with Gasteiger partial charge in [-0.15, -0.1) is 0 Å². The van der Waals surface area contributed by atoms with Crippen LogP contribution in [0.15, 0.2) is 0 Å². The van der Waals surface area contributed by atoms with Crippen molar-refractivity contribution >= 4 is 17.9 Å². The maximum absolute atomic E-state index is 10.3. The molecule has 0 rings (SSSR count). The number of carboxylic acid groups (broad SMARTS) is 3. The maximum Gasteiger partial charge on any atom is 0.303 e. The van der Waals surface area contributed by atoms with Gasteiger partial charge in [-0.3, -0.25) is 14.4 Å². The van der Waals surface area contributed by atoms with Crippen molar-refractivity contribution in [2.45, 2.75) is 318 Å². The summed E-state index contributed by atoms with van der Waals surface area (Å²) in [4.78, 5) is 31.0. The van der Waals surface area contributed by atoms with Crippen molar-refractivity contribution < 1.29 is 56.5 Å². The van der Waals surface area contributed by atoms with Gasteiger partial charge in [-0.2, -0.15) is 0 Å². The maximum atomic E-state index is 10.3. The summed E-state index contributed by atoms with van der Waals surface area (Å²) >= 11 is 0. The van der Waals surface area contributed by atoms with Gasteiger partial charge in [0.05, 0.1) is 0 Å². The number of aliphatic hydroxyl groups excluding tert-OH is 1. The largest absolute Gasteiger partial charge is 0.481 e. The van der Waals surface area contributed by atoms with Crippen molar-refractivity contribution in [3.05, 3.63) is 0 Å². The standard InChI is InChI=1S/3C18H36O2.C2H6O.Ti/c3*1-17(2)15-13-11-9-7-5-3-4-6-8-10-12-14-16-18(19)20;1-2-3;/h3*17H,3-16H2,1-2H3,(H,19,20);3H,2H2,1H3;. The zero-order chi connectivity index (χ0) is 47.9. The van der Waals surface area contributed by atoms with E-state index < -0.39 is 17.9 Å². The molecule has 8 heteroatoms. The number of rotatable bonds is 45. The van der Waals surface area contributed by atoms with Crippen LogP contribution in [0.2, 0.25) is 0 Å². The Kier molecular flexibility index (Phi) is 72.3. The molecule has 0 aliphatic rings. The number of hydrogen-bond donors (Lipinski definition) is 4. The van der Waals surface area contributed by atoms with Gasteiger partial charge in [0.15, 0.2) is 0 Å². The molecule has 0 amide bonds. The average molecular weight is 947 g/mol. The molecule has 0 aliphatic carbocycles. The van der Waals surface area contributed by atoms with Crippen LogP contribution < -0.4 is 0 Å². The number of aliphatic hydroxyl groups is 1. The van der Waals surface area contributed by atoms with E-state index in [0.717, 1.165) is 56.3 Å². The van der Waals surface area contributed by atoms with Gasteiger partial charge in [0, 0.05) is 47.6 Å². The van der Waals surface area contributed by atoms with E-state index in [0.29, 0.717) is 19.3 Å². The first-order valence-corrected chi connectivity index (χ1v) is 27.6. The second kappa shape index (κ2) is 64.2. The zero-order valence-electron chi connectivity index (χ0n) is 44.2. The molecule has 0 fully saturated rings. The Hall–Kier alpha value is -0.916. The molecule has 0 heterocycles. The van der Waals surface area contributed by atoms with E-state index in [2.05, 4.69) is 41.5 Å². The number of carboxylic acids is 3. The molecule has 0 aromatic carbocycles. The fourth-order valence-corrected chi connectivity index (χ4v) is 7.79. The van der Waals surface area contributed by atoms with Crippen molar-refractivity contribution in [3.63, 3.8) is 0 Å². The summed E-state index contributed by atoms with van der Waals surface area (Å²) in [5.74, 6) is 0.636. The number of hydrogen-bond acceptors (Lipinski definition) is 4. The van der Waals surface area contributed by atoms with E-state index in [1.807, 2.05) is 0 Å². The SMILES string of the molecule is CC(C)CCCCCCCCCCCCCCC(=O)O.CC(C)CCCCCCCCCCCCCCC(=O)O.CC(C)CCCCCCCCCCCCCCC(=O)O.CCO.[Ti]. The predicted octanol–water partition coefficient (Wildman–Crippen LogP) is 18.6. The molecule has 0 aromatic heterocycles. The molecular weight excluding hydrogens is 832 g/mol. The van der Waals surface area contributed by atoms with Gasteiger partial charge in [0.2, 0.25) is 0 Å². The average Bonchev–Trinajstić information content (AvgIpc) is 3.21. The summed E-state index contributed by atoms with van der Waals surface area (Å²) in [7, 11) is 0. The predicted molar refractivity (Wildman–Crippen MR) is 274 cm³/mol. The van der Waals surface area contributed by atoms with Crippen LogP contribution in [-0.4, -0.2) is 44.9 Å². The Morgan fingerprint density at radius 1 is 0.281 bits per heavy atom. The van der Waals surface area contributed by atoms with E-state index >= 15 is 0 Å². The van der Waals surface area contributed by atoms with Crippen molar-refractivity contribution in [1.29, 1.82) is 0 Å². The fourth-order valence-electron chi connectivity index (χ4n) is 7.79. The summed E-state index contributed by atoms with van der Waals surface area (Å²) in [6.45, 7) is 15.8. The third-order valence-corrected chi connectivity index (χ3v) is 11.8. The zero-order valence-corrected chi connectivity index (χ0v) is 45.7. The van der Waals surface area contributed by atoms with Crippen LogP contribution in [0, 0.1) is 17.8 Å². The van der Waals surface area contributed by atoms with Crippen LogP contribution in [0.1, 0.15) is 318 Å². The summed E-state index contributed by atoms with van der Waals surface area (Å²) in [6, 6.07) is 0. The van der Waals surface area contributed by atoms with Gasteiger partial charge in [0.1, 0.15) is 0 Å². The van der Waals surface area contributed by atoms with Crippen LogP contribution in [0.4, 0.5) is 0 Å². The van der Waals surface area contributed by atoms with E-state index in [-0.39, 0.29) is 28.3 Å². The molecule has 0 radical (unpaired) electrons. The van der Waals surface area contributed by atoms with E-state index in [4.69, 9.17) is 20.4 Å². The second-order valence-electron chi connectivity index (χ2n) is 20.0. The van der Waals surface area contributed by atoms with Gasteiger partial charge >= 0.3 is 17.9 Å². The van der Waals surface area contributed by atoms with Gasteiger partial charge in [-0.25, -0.2) is 0 Å². The monoisotopic (exact) mass is 947 g/mol. The third-order valence-electron chi connectivity index (χ3n) is 11.8. The molecule has 0 spiro atoms. The first-order chi connectivity index (χ1) is 30.3. The first-order valence-electron chi connectivity index (χ1n) is 27.6. The quantitative estimate of drug-likeness (QED) is 0.0353. The molecule has 7 nitrogen and oxygen atoms in total. The smallest absolute Gasteiger partial charge is 0.303 e. The Balaban J connectivity index is -0.000000261. The molecule has 384 valence electrons. The van der Waals surface area contributed by atoms with Gasteiger partial charge in [-0.05, 0) is 43.9 Å². The number of unbranched alkanes of at least 4 members (excludes halogenated alkanes) is 33. The van der Waals surface area contributed by atoms with Gasteiger partial charge < -0.3 is 20.4 Å². The summed E-state index contributed by atoms with van der Waals surface area (Å²) in [5.41, 5.74) is 0. The Labute approximate surface area is 414 Å². The minimum absolute atomic E-state index is 0. The van der Waals surface area contributed by atoms with Crippen molar-refractivity contribution in [3.8, 4) is 0 Å². The fraction of sp³-hybridized carbons (Fsp3) is 0.946. The Morgan fingerprint density at radius 2 is 0.391 bits per heavy atom. The molecule has 0 aliphatic heterocycles. The van der Waals surface area contributed by atoms with Crippen molar-refractivity contribution in [2.24, 2.45) is 17.8 Å². The molecule has 0 bridgehead atoms. The molecule has 0 unspecified atom stereocenters. The summed E-state index contributed by atoms with van der Waals surface area (Å²) in [5, 5.41) is 33.1. The summed E-state index contributed by atoms with van der Waals surface area (Å²) < 4.78 is 0. The number of aliphatic carboxylic acids is 3. The van der Waals surface area contributed by atoms with Crippen molar-refractivity contribution in [2.75, 3.05) is 6.61 Å². The second-order valence-corrected chi connectivity index (χ2v) is 20.0. The molecular formula is C56H114O7Ti. The minimum atomic E-state index is -0.654. The molecule has 64 heavy (non-hydrogen) atoms. The molecule has 0 saturated heterocycles. The van der Waals surface area contributed by atoms with Gasteiger partial charge in [-0.1, -0.05) is 273 Å². The normalized spacial score (nSPS) is 10.7. The van der Waals surface area contributed by atoms with E-state index in [1.54, 1.807) is 6.92 Å². The van der Waals surface area contributed by atoms with Crippen LogP contribution in [-0.2, 0) is 36.1 Å². The molecule has 4 N–H and O–H groups in total. The van der Waals surface area contributed by atoms with Crippen LogP contribution in [0.25, 0.3) is 0 Å². The third kappa shape index (κ3) is 87.9. The van der Waals surface area contributed by atoms with Crippen LogP contribution >= 0.6 is 0 Å². The molecule has 0 aromatic rings. The van der Waals surface area contributed by atoms with Crippen LogP contribution in [0.3, 0.4) is 0 Å².